The second kappa shape index (κ2) is 8.74. The Hall–Kier alpha value is -3.44. The SMILES string of the molecule is Cc1ccc(CC(N)C(C(=O)O)C(=O)OCC2c3ccccc3-c3ccccc32)cc1. The molecule has 0 saturated heterocycles. The van der Waals surface area contributed by atoms with Crippen LogP contribution in [0.3, 0.4) is 0 Å². The van der Waals surface area contributed by atoms with Crippen LogP contribution >= 0.6 is 0 Å². The van der Waals surface area contributed by atoms with Gasteiger partial charge >= 0.3 is 11.9 Å². The van der Waals surface area contributed by atoms with Crippen LogP contribution in [-0.4, -0.2) is 29.7 Å². The number of esters is 1. The second-order valence-corrected chi connectivity index (χ2v) is 8.03. The number of carbonyl (C=O) groups excluding carboxylic acids is 1. The fourth-order valence-electron chi connectivity index (χ4n) is 4.27. The Kier molecular flexibility index (Phi) is 5.87. The monoisotopic (exact) mass is 415 g/mol. The average molecular weight is 415 g/mol. The molecule has 0 fully saturated rings. The maximum absolute atomic E-state index is 12.8. The molecule has 2 unspecified atom stereocenters. The summed E-state index contributed by atoms with van der Waals surface area (Å²) in [5.41, 5.74) is 12.5. The predicted octanol–water partition coefficient (Wildman–Crippen LogP) is 3.92. The molecule has 0 saturated carbocycles. The largest absolute Gasteiger partial charge is 0.481 e. The second-order valence-electron chi connectivity index (χ2n) is 8.03. The molecule has 0 aromatic heterocycles. The number of hydrogen-bond acceptors (Lipinski definition) is 4. The fourth-order valence-corrected chi connectivity index (χ4v) is 4.27. The van der Waals surface area contributed by atoms with Crippen molar-refractivity contribution in [3.05, 3.63) is 95.1 Å². The fraction of sp³-hybridized carbons (Fsp3) is 0.231. The van der Waals surface area contributed by atoms with E-state index in [9.17, 15) is 14.7 Å². The lowest BCUT2D eigenvalue weighted by molar-refractivity contribution is -0.159. The van der Waals surface area contributed by atoms with Gasteiger partial charge in [0, 0.05) is 12.0 Å². The summed E-state index contributed by atoms with van der Waals surface area (Å²) in [5, 5.41) is 9.66. The molecule has 0 amide bonds. The van der Waals surface area contributed by atoms with Gasteiger partial charge in [-0.05, 0) is 41.2 Å². The average Bonchev–Trinajstić information content (AvgIpc) is 3.07. The topological polar surface area (TPSA) is 89.6 Å². The van der Waals surface area contributed by atoms with Crippen molar-refractivity contribution in [2.45, 2.75) is 25.3 Å². The molecule has 158 valence electrons. The van der Waals surface area contributed by atoms with Crippen molar-refractivity contribution in [3.8, 4) is 11.1 Å². The van der Waals surface area contributed by atoms with Crippen LogP contribution in [0.5, 0.6) is 0 Å². The number of aliphatic carboxylic acids is 1. The molecule has 0 spiro atoms. The highest BCUT2D eigenvalue weighted by Crippen LogP contribution is 2.44. The molecule has 1 aliphatic carbocycles. The first kappa shape index (κ1) is 20.8. The number of benzene rings is 3. The first-order valence-corrected chi connectivity index (χ1v) is 10.3. The highest BCUT2D eigenvalue weighted by atomic mass is 16.5. The van der Waals surface area contributed by atoms with Gasteiger partial charge in [-0.15, -0.1) is 0 Å². The Balaban J connectivity index is 1.49. The zero-order valence-electron chi connectivity index (χ0n) is 17.3. The summed E-state index contributed by atoms with van der Waals surface area (Å²) < 4.78 is 5.54. The lowest BCUT2D eigenvalue weighted by atomic mass is 9.93. The third-order valence-corrected chi connectivity index (χ3v) is 5.89. The van der Waals surface area contributed by atoms with E-state index >= 15 is 0 Å². The van der Waals surface area contributed by atoms with Crippen LogP contribution in [0.1, 0.15) is 28.2 Å². The number of carbonyl (C=O) groups is 2. The number of carboxylic acid groups (broad SMARTS) is 1. The molecule has 0 aliphatic heterocycles. The van der Waals surface area contributed by atoms with Gasteiger partial charge in [0.1, 0.15) is 6.61 Å². The van der Waals surface area contributed by atoms with Gasteiger partial charge in [-0.2, -0.15) is 0 Å². The van der Waals surface area contributed by atoms with Gasteiger partial charge in [0.2, 0.25) is 0 Å². The zero-order chi connectivity index (χ0) is 22.0. The minimum absolute atomic E-state index is 0.0773. The van der Waals surface area contributed by atoms with E-state index in [0.29, 0.717) is 0 Å². The van der Waals surface area contributed by atoms with Crippen LogP contribution < -0.4 is 5.73 Å². The molecule has 0 radical (unpaired) electrons. The van der Waals surface area contributed by atoms with Gasteiger partial charge in [-0.25, -0.2) is 0 Å². The van der Waals surface area contributed by atoms with Gasteiger partial charge in [0.05, 0.1) is 0 Å². The third-order valence-electron chi connectivity index (χ3n) is 5.89. The quantitative estimate of drug-likeness (QED) is 0.451. The lowest BCUT2D eigenvalue weighted by Crippen LogP contribution is -2.43. The van der Waals surface area contributed by atoms with Crippen LogP contribution in [0.25, 0.3) is 11.1 Å². The smallest absolute Gasteiger partial charge is 0.321 e. The number of nitrogens with two attached hydrogens (primary N) is 1. The minimum atomic E-state index is -1.42. The third kappa shape index (κ3) is 4.23. The summed E-state index contributed by atoms with van der Waals surface area (Å²) in [7, 11) is 0. The zero-order valence-corrected chi connectivity index (χ0v) is 17.3. The van der Waals surface area contributed by atoms with Crippen molar-refractivity contribution in [1.29, 1.82) is 0 Å². The molecule has 31 heavy (non-hydrogen) atoms. The maximum Gasteiger partial charge on any atom is 0.321 e. The van der Waals surface area contributed by atoms with Gasteiger partial charge in [-0.3, -0.25) is 9.59 Å². The Morgan fingerprint density at radius 2 is 1.48 bits per heavy atom. The molecule has 4 rings (SSSR count). The molecular formula is C26H25NO4. The van der Waals surface area contributed by atoms with E-state index in [1.54, 1.807) is 0 Å². The molecule has 0 heterocycles. The van der Waals surface area contributed by atoms with E-state index in [4.69, 9.17) is 10.5 Å². The number of fused-ring (bicyclic) bond motifs is 3. The van der Waals surface area contributed by atoms with Crippen molar-refractivity contribution in [1.82, 2.24) is 0 Å². The Morgan fingerprint density at radius 1 is 0.935 bits per heavy atom. The van der Waals surface area contributed by atoms with E-state index in [0.717, 1.165) is 33.4 Å². The molecule has 5 nitrogen and oxygen atoms in total. The van der Waals surface area contributed by atoms with Crippen LogP contribution in [0.4, 0.5) is 0 Å². The summed E-state index contributed by atoms with van der Waals surface area (Å²) in [6.45, 7) is 2.05. The summed E-state index contributed by atoms with van der Waals surface area (Å²) in [6.07, 6.45) is 0.279. The van der Waals surface area contributed by atoms with E-state index in [2.05, 4.69) is 0 Å². The summed E-state index contributed by atoms with van der Waals surface area (Å²) in [6, 6.07) is 22.8. The number of hydrogen-bond donors (Lipinski definition) is 2. The van der Waals surface area contributed by atoms with Crippen molar-refractivity contribution < 1.29 is 19.4 Å². The first-order valence-electron chi connectivity index (χ1n) is 10.3. The normalized spacial score (nSPS) is 14.4. The molecular weight excluding hydrogens is 390 g/mol. The Morgan fingerprint density at radius 3 is 2.03 bits per heavy atom. The van der Waals surface area contributed by atoms with Crippen LogP contribution in [0, 0.1) is 12.8 Å². The van der Waals surface area contributed by atoms with Crippen LogP contribution in [-0.2, 0) is 20.7 Å². The molecule has 3 N–H and O–H groups in total. The van der Waals surface area contributed by atoms with Gasteiger partial charge in [-0.1, -0.05) is 78.4 Å². The van der Waals surface area contributed by atoms with Crippen LogP contribution in [0.2, 0.25) is 0 Å². The lowest BCUT2D eigenvalue weighted by Gasteiger charge is -2.21. The summed E-state index contributed by atoms with van der Waals surface area (Å²) >= 11 is 0. The van der Waals surface area contributed by atoms with Crippen molar-refractivity contribution >= 4 is 11.9 Å². The molecule has 1 aliphatic rings. The predicted molar refractivity (Wildman–Crippen MR) is 119 cm³/mol. The van der Waals surface area contributed by atoms with Gasteiger partial charge in [0.15, 0.2) is 5.92 Å². The Bertz CT molecular complexity index is 1060. The number of carboxylic acids is 1. The van der Waals surface area contributed by atoms with Crippen LogP contribution in [0.15, 0.2) is 72.8 Å². The van der Waals surface area contributed by atoms with E-state index in [1.807, 2.05) is 79.7 Å². The molecule has 0 bridgehead atoms. The Labute approximate surface area is 181 Å². The van der Waals surface area contributed by atoms with Crippen molar-refractivity contribution in [2.24, 2.45) is 11.7 Å². The highest BCUT2D eigenvalue weighted by Gasteiger charge is 2.36. The van der Waals surface area contributed by atoms with Crippen molar-refractivity contribution in [3.63, 3.8) is 0 Å². The summed E-state index contributed by atoms with van der Waals surface area (Å²) in [5.74, 6) is -3.61. The van der Waals surface area contributed by atoms with Gasteiger partial charge in [0.25, 0.3) is 0 Å². The van der Waals surface area contributed by atoms with Gasteiger partial charge < -0.3 is 15.6 Å². The molecule has 3 aromatic carbocycles. The minimum Gasteiger partial charge on any atom is -0.481 e. The van der Waals surface area contributed by atoms with E-state index in [1.165, 1.54) is 0 Å². The molecule has 2 atom stereocenters. The van der Waals surface area contributed by atoms with E-state index in [-0.39, 0.29) is 18.9 Å². The maximum atomic E-state index is 12.8. The molecule has 5 heteroatoms. The first-order chi connectivity index (χ1) is 15.0. The van der Waals surface area contributed by atoms with E-state index < -0.39 is 23.9 Å². The molecule has 3 aromatic rings. The number of rotatable bonds is 7. The van der Waals surface area contributed by atoms with Crippen molar-refractivity contribution in [2.75, 3.05) is 6.61 Å². The number of ether oxygens (including phenoxy) is 1. The standard InChI is InChI=1S/C26H25NO4/c1-16-10-12-17(13-11-16)14-23(27)24(25(28)29)26(30)31-15-22-20-8-4-2-6-18(20)19-7-3-5-9-21(19)22/h2-13,22-24H,14-15,27H2,1H3,(H,28,29). The highest BCUT2D eigenvalue weighted by molar-refractivity contribution is 5.95. The summed E-state index contributed by atoms with van der Waals surface area (Å²) in [4.78, 5) is 24.6. The number of aryl methyl sites for hydroxylation is 1.